The van der Waals surface area contributed by atoms with Gasteiger partial charge >= 0.3 is 11.9 Å². The molecule has 0 spiro atoms. The van der Waals surface area contributed by atoms with Crippen LogP contribution < -0.4 is 44.2 Å². The number of nitrogens with one attached hydrogen (secondary N) is 4. The molecule has 14 N–H and O–H groups in total. The maximum Gasteiger partial charge on any atom is 0.326 e. The molecule has 0 aliphatic carbocycles. The van der Waals surface area contributed by atoms with Gasteiger partial charge in [0.25, 0.3) is 0 Å². The Kier molecular flexibility index (Phi) is 23.2. The third-order valence-electron chi connectivity index (χ3n) is 10.5. The Labute approximate surface area is 360 Å². The zero-order valence-corrected chi connectivity index (χ0v) is 36.9. The van der Waals surface area contributed by atoms with Gasteiger partial charge in [-0.15, -0.1) is 0 Å². The molecule has 2 aliphatic heterocycles. The number of rotatable bonds is 27. The van der Waals surface area contributed by atoms with E-state index in [2.05, 4.69) is 21.3 Å². The highest BCUT2D eigenvalue weighted by Gasteiger charge is 2.41. The first-order valence-electron chi connectivity index (χ1n) is 20.8. The Balaban J connectivity index is 1.99. The number of hydrogen-bond acceptors (Lipinski definition) is 14. The normalized spacial score (nSPS) is 19.6. The fourth-order valence-electron chi connectivity index (χ4n) is 6.98. The number of likely N-dealkylation sites (tertiary alicyclic amines) is 2. The molecule has 2 rings (SSSR count). The number of unbranched alkanes of at least 4 members (excludes halogenated alkanes) is 2. The van der Waals surface area contributed by atoms with E-state index < -0.39 is 95.7 Å². The first-order chi connectivity index (χ1) is 28.4. The molecule has 0 saturated carbocycles. The summed E-state index contributed by atoms with van der Waals surface area (Å²) in [6.45, 7) is 7.96. The van der Waals surface area contributed by atoms with E-state index in [9.17, 15) is 48.6 Å². The van der Waals surface area contributed by atoms with Crippen molar-refractivity contribution in [2.45, 2.75) is 140 Å². The Bertz CT molecular complexity index is 1370. The summed E-state index contributed by atoms with van der Waals surface area (Å²) in [5.74, 6) is -6.22. The lowest BCUT2D eigenvalue weighted by Gasteiger charge is -2.30. The van der Waals surface area contributed by atoms with Crippen molar-refractivity contribution in [3.05, 3.63) is 0 Å². The predicted molar refractivity (Wildman–Crippen MR) is 229 cm³/mol. The van der Waals surface area contributed by atoms with E-state index >= 15 is 0 Å². The molecular weight excluding hydrogens is 821 g/mol. The maximum atomic E-state index is 13.8. The van der Waals surface area contributed by atoms with Crippen molar-refractivity contribution in [2.75, 3.05) is 37.7 Å². The number of nitrogens with zero attached hydrogens (tertiary/aromatic N) is 2. The first-order valence-corrected chi connectivity index (χ1v) is 23.3. The first kappa shape index (κ1) is 52.4. The smallest absolute Gasteiger partial charge is 0.326 e. The van der Waals surface area contributed by atoms with Gasteiger partial charge in [0.2, 0.25) is 35.4 Å². The third-order valence-corrected chi connectivity index (χ3v) is 13.0. The van der Waals surface area contributed by atoms with Gasteiger partial charge in [0, 0.05) is 24.6 Å². The van der Waals surface area contributed by atoms with Gasteiger partial charge in [0.1, 0.15) is 36.3 Å². The van der Waals surface area contributed by atoms with Gasteiger partial charge in [0.15, 0.2) is 0 Å². The number of aliphatic carboxylic acids is 2. The minimum absolute atomic E-state index is 0.0905. The fourth-order valence-corrected chi connectivity index (χ4v) is 9.23. The van der Waals surface area contributed by atoms with Crippen LogP contribution in [0.25, 0.3) is 0 Å². The summed E-state index contributed by atoms with van der Waals surface area (Å²) in [6, 6.07) is -8.13. The third kappa shape index (κ3) is 16.3. The summed E-state index contributed by atoms with van der Waals surface area (Å²) in [5, 5.41) is 29.6. The van der Waals surface area contributed by atoms with Crippen LogP contribution in [0, 0.1) is 11.8 Å². The molecule has 8 atom stereocenters. The summed E-state index contributed by atoms with van der Waals surface area (Å²) in [4.78, 5) is 106. The monoisotopic (exact) mass is 888 g/mol. The molecule has 0 radical (unpaired) electrons. The lowest BCUT2D eigenvalue weighted by molar-refractivity contribution is -0.146. The number of carboxylic acid groups (broad SMARTS) is 2. The van der Waals surface area contributed by atoms with Crippen LogP contribution >= 0.6 is 21.6 Å². The Morgan fingerprint density at radius 2 is 0.950 bits per heavy atom. The van der Waals surface area contributed by atoms with E-state index in [1.807, 2.05) is 0 Å². The van der Waals surface area contributed by atoms with Crippen LogP contribution in [0.15, 0.2) is 0 Å². The number of amides is 6. The molecule has 342 valence electrons. The Morgan fingerprint density at radius 3 is 1.25 bits per heavy atom. The highest BCUT2D eigenvalue weighted by atomic mass is 33.1. The van der Waals surface area contributed by atoms with Crippen molar-refractivity contribution in [2.24, 2.45) is 34.8 Å². The second kappa shape index (κ2) is 26.6. The van der Waals surface area contributed by atoms with Gasteiger partial charge in [-0.05, 0) is 89.1 Å². The van der Waals surface area contributed by atoms with Crippen LogP contribution in [0.2, 0.25) is 0 Å². The highest BCUT2D eigenvalue weighted by Crippen LogP contribution is 2.24. The van der Waals surface area contributed by atoms with Gasteiger partial charge in [-0.1, -0.05) is 49.3 Å². The lowest BCUT2D eigenvalue weighted by Crippen LogP contribution is -2.57. The van der Waals surface area contributed by atoms with Crippen molar-refractivity contribution >= 4 is 69.0 Å². The second-order valence-electron chi connectivity index (χ2n) is 16.0. The van der Waals surface area contributed by atoms with Crippen LogP contribution in [0.3, 0.4) is 0 Å². The molecule has 20 nitrogen and oxygen atoms in total. The molecule has 2 fully saturated rings. The van der Waals surface area contributed by atoms with E-state index in [0.717, 1.165) is 0 Å². The van der Waals surface area contributed by atoms with Gasteiger partial charge < -0.3 is 64.2 Å². The molecule has 2 aliphatic rings. The van der Waals surface area contributed by atoms with Gasteiger partial charge in [0.05, 0.1) is 12.1 Å². The largest absolute Gasteiger partial charge is 0.480 e. The number of carboxylic acids is 2. The number of hydrogen-bond donors (Lipinski definition) is 10. The highest BCUT2D eigenvalue weighted by molar-refractivity contribution is 8.76. The molecule has 0 unspecified atom stereocenters. The fraction of sp³-hybridized carbons (Fsp3) is 0.789. The predicted octanol–water partition coefficient (Wildman–Crippen LogP) is -1.32. The topological polar surface area (TPSA) is 336 Å². The van der Waals surface area contributed by atoms with E-state index in [0.29, 0.717) is 64.5 Å². The Morgan fingerprint density at radius 1 is 0.600 bits per heavy atom. The molecule has 2 heterocycles. The van der Waals surface area contributed by atoms with Crippen molar-refractivity contribution in [1.29, 1.82) is 0 Å². The van der Waals surface area contributed by atoms with Gasteiger partial charge in [-0.3, -0.25) is 28.8 Å². The van der Waals surface area contributed by atoms with Crippen molar-refractivity contribution in [3.8, 4) is 0 Å². The lowest BCUT2D eigenvalue weighted by atomic mass is 10.0. The molecule has 60 heavy (non-hydrogen) atoms. The van der Waals surface area contributed by atoms with Crippen molar-refractivity contribution in [1.82, 2.24) is 31.1 Å². The average Bonchev–Trinajstić information content (AvgIpc) is 3.90. The molecule has 2 saturated heterocycles. The summed E-state index contributed by atoms with van der Waals surface area (Å²) >= 11 is 0. The zero-order valence-electron chi connectivity index (χ0n) is 35.3. The summed E-state index contributed by atoms with van der Waals surface area (Å²) in [6.07, 6.45) is 4.47. The SMILES string of the molecule is CC(C)[C@H](NC(=O)[C@@H]1CCCN1C(=O)[C@H](CCCCN)NC(=O)[C@@H](N)CSSC[C@H](N)C(=O)N[C@@H](CCCCN)C(=O)N1CCC[C@H]1C(=O)N[C@H](C(=O)O)C(C)C)C(=O)O. The Hall–Kier alpha value is -3.70. The average molecular weight is 889 g/mol. The van der Waals surface area contributed by atoms with Crippen LogP contribution in [-0.4, -0.2) is 153 Å². The number of carbonyl (C=O) groups excluding carboxylic acids is 6. The van der Waals surface area contributed by atoms with Crippen molar-refractivity contribution in [3.63, 3.8) is 0 Å². The molecular formula is C38H68N10O10S2. The van der Waals surface area contributed by atoms with Gasteiger partial charge in [-0.2, -0.15) is 0 Å². The van der Waals surface area contributed by atoms with Crippen LogP contribution in [0.5, 0.6) is 0 Å². The van der Waals surface area contributed by atoms with Crippen LogP contribution in [0.1, 0.15) is 91.9 Å². The van der Waals surface area contributed by atoms with Gasteiger partial charge in [-0.25, -0.2) is 9.59 Å². The van der Waals surface area contributed by atoms with Crippen LogP contribution in [-0.2, 0) is 38.4 Å². The molecule has 0 aromatic carbocycles. The zero-order chi connectivity index (χ0) is 45.1. The van der Waals surface area contributed by atoms with E-state index in [1.165, 1.54) is 31.4 Å². The summed E-state index contributed by atoms with van der Waals surface area (Å²) < 4.78 is 0. The quantitative estimate of drug-likeness (QED) is 0.0338. The minimum Gasteiger partial charge on any atom is -0.480 e. The van der Waals surface area contributed by atoms with E-state index in [-0.39, 0.29) is 49.3 Å². The number of nitrogens with two attached hydrogens (primary N) is 4. The minimum atomic E-state index is -1.18. The molecule has 6 amide bonds. The van der Waals surface area contributed by atoms with Crippen molar-refractivity contribution < 1.29 is 48.6 Å². The maximum absolute atomic E-state index is 13.8. The molecule has 0 bridgehead atoms. The van der Waals surface area contributed by atoms with E-state index in [4.69, 9.17) is 22.9 Å². The number of carbonyl (C=O) groups is 8. The molecule has 0 aromatic rings. The van der Waals surface area contributed by atoms with Crippen LogP contribution in [0.4, 0.5) is 0 Å². The van der Waals surface area contributed by atoms with E-state index in [1.54, 1.807) is 27.7 Å². The standard InChI is InChI=1S/C38H68N10O10S2/c1-21(2)29(37(55)56)45-33(51)27-13-9-17-47(27)35(53)25(11-5-7-15-39)43-31(49)23(41)19-59-60-20-24(42)32(50)44-26(12-6-8-16-40)36(54)48-18-10-14-28(48)34(52)46-30(22(3)4)38(57)58/h21-30H,5-20,39-42H2,1-4H3,(H,43,49)(H,44,50)(H,45,51)(H,46,52)(H,55,56)(H,57,58)/t23-,24-,25-,26-,27-,28-,29-,30-/m0/s1. The molecule has 22 heteroatoms. The summed E-state index contributed by atoms with van der Waals surface area (Å²) in [7, 11) is 2.38. The second-order valence-corrected chi connectivity index (χ2v) is 18.5. The molecule has 0 aromatic heterocycles. The summed E-state index contributed by atoms with van der Waals surface area (Å²) in [5.41, 5.74) is 23.8.